The molecule has 1 amide bonds. The highest BCUT2D eigenvalue weighted by Crippen LogP contribution is 2.27. The van der Waals surface area contributed by atoms with Crippen molar-refractivity contribution in [1.29, 1.82) is 5.26 Å². The van der Waals surface area contributed by atoms with Crippen LogP contribution in [0.1, 0.15) is 22.0 Å². The van der Waals surface area contributed by atoms with Gasteiger partial charge in [-0.2, -0.15) is 15.5 Å². The number of carbonyl (C=O) groups is 1. The summed E-state index contributed by atoms with van der Waals surface area (Å²) >= 11 is 0. The molecule has 0 spiro atoms. The van der Waals surface area contributed by atoms with E-state index in [1.54, 1.807) is 46.8 Å². The Balaban J connectivity index is 1.50. The highest BCUT2D eigenvalue weighted by atomic mass is 16.5. The molecule has 8 heteroatoms. The number of hydrogen-bond donors (Lipinski definition) is 0. The second-order valence-electron chi connectivity index (χ2n) is 6.05. The summed E-state index contributed by atoms with van der Waals surface area (Å²) in [7, 11) is 3.41. The van der Waals surface area contributed by atoms with Crippen molar-refractivity contribution in [1.82, 2.24) is 24.5 Å². The minimum Gasteiger partial charge on any atom is -0.481 e. The van der Waals surface area contributed by atoms with Gasteiger partial charge < -0.3 is 9.64 Å². The van der Waals surface area contributed by atoms with Gasteiger partial charge in [-0.25, -0.2) is 4.68 Å². The van der Waals surface area contributed by atoms with E-state index >= 15 is 0 Å². The maximum absolute atomic E-state index is 12.6. The fourth-order valence-corrected chi connectivity index (χ4v) is 3.12. The van der Waals surface area contributed by atoms with E-state index in [1.807, 2.05) is 6.07 Å². The van der Waals surface area contributed by atoms with Crippen LogP contribution in [-0.4, -0.2) is 50.6 Å². The molecule has 1 fully saturated rings. The Bertz CT molecular complexity index is 1010. The second-order valence-corrected chi connectivity index (χ2v) is 6.05. The van der Waals surface area contributed by atoms with Crippen molar-refractivity contribution in [3.63, 3.8) is 0 Å². The van der Waals surface area contributed by atoms with Crippen LogP contribution < -0.4 is 4.74 Å². The van der Waals surface area contributed by atoms with Crippen LogP contribution in [0.2, 0.25) is 0 Å². The lowest BCUT2D eigenvalue weighted by Gasteiger charge is -2.39. The summed E-state index contributed by atoms with van der Waals surface area (Å²) in [5.41, 5.74) is 1.86. The number of nitrogens with zero attached hydrogens (tertiary/aromatic N) is 6. The Morgan fingerprint density at radius 2 is 2.20 bits per heavy atom. The van der Waals surface area contributed by atoms with Crippen molar-refractivity contribution in [3.05, 3.63) is 41.7 Å². The maximum atomic E-state index is 12.6. The average molecular weight is 336 g/mol. The molecule has 25 heavy (non-hydrogen) atoms. The predicted octanol–water partition coefficient (Wildman–Crippen LogP) is 1.35. The van der Waals surface area contributed by atoms with Gasteiger partial charge in [0.2, 0.25) is 5.88 Å². The molecule has 0 unspecified atom stereocenters. The van der Waals surface area contributed by atoms with Gasteiger partial charge >= 0.3 is 0 Å². The molecule has 4 rings (SSSR count). The van der Waals surface area contributed by atoms with Crippen molar-refractivity contribution in [3.8, 4) is 11.9 Å². The minimum absolute atomic E-state index is 0.0320. The number of methoxy groups -OCH3 is 1. The normalized spacial score (nSPS) is 14.4. The molecule has 0 aliphatic carbocycles. The number of likely N-dealkylation sites (tertiary alicyclic amines) is 1. The fourth-order valence-electron chi connectivity index (χ4n) is 3.12. The smallest absolute Gasteiger partial charge is 0.254 e. The Morgan fingerprint density at radius 1 is 1.40 bits per heavy atom. The highest BCUT2D eigenvalue weighted by Gasteiger charge is 2.33. The predicted molar refractivity (Wildman–Crippen MR) is 89.1 cm³/mol. The van der Waals surface area contributed by atoms with Crippen LogP contribution in [0.25, 0.3) is 10.9 Å². The van der Waals surface area contributed by atoms with E-state index in [-0.39, 0.29) is 11.9 Å². The van der Waals surface area contributed by atoms with E-state index in [0.717, 1.165) is 10.9 Å². The van der Waals surface area contributed by atoms with Crippen molar-refractivity contribution < 1.29 is 9.53 Å². The number of nitriles is 1. The number of ether oxygens (including phenoxy) is 1. The number of rotatable bonds is 3. The SMILES string of the molecule is COc1c2ccc(C(=O)N3CC(n4cc(C#N)cn4)C3)cc2nn1C. The summed E-state index contributed by atoms with van der Waals surface area (Å²) < 4.78 is 8.73. The zero-order valence-electron chi connectivity index (χ0n) is 13.9. The number of hydrogen-bond acceptors (Lipinski definition) is 5. The summed E-state index contributed by atoms with van der Waals surface area (Å²) in [6.45, 7) is 1.16. The molecule has 3 heterocycles. The van der Waals surface area contributed by atoms with E-state index in [1.165, 1.54) is 6.20 Å². The van der Waals surface area contributed by atoms with Gasteiger partial charge in [0.1, 0.15) is 6.07 Å². The molecule has 0 saturated carbocycles. The number of aromatic nitrogens is 4. The van der Waals surface area contributed by atoms with Crippen LogP contribution in [0.5, 0.6) is 5.88 Å². The summed E-state index contributed by atoms with van der Waals surface area (Å²) in [6.07, 6.45) is 3.24. The van der Waals surface area contributed by atoms with Gasteiger partial charge in [0.05, 0.1) is 35.8 Å². The third kappa shape index (κ3) is 2.41. The van der Waals surface area contributed by atoms with E-state index < -0.39 is 0 Å². The third-order valence-corrected chi connectivity index (χ3v) is 4.47. The molecule has 1 aliphatic rings. The van der Waals surface area contributed by atoms with Gasteiger partial charge in [-0.15, -0.1) is 0 Å². The largest absolute Gasteiger partial charge is 0.481 e. The summed E-state index contributed by atoms with van der Waals surface area (Å²) in [4.78, 5) is 14.4. The highest BCUT2D eigenvalue weighted by molar-refractivity contribution is 5.99. The first kappa shape index (κ1) is 15.2. The molecule has 1 saturated heterocycles. The molecular weight excluding hydrogens is 320 g/mol. The molecule has 1 aromatic carbocycles. The van der Waals surface area contributed by atoms with Crippen LogP contribution in [-0.2, 0) is 7.05 Å². The van der Waals surface area contributed by atoms with Crippen molar-refractivity contribution in [2.24, 2.45) is 7.05 Å². The number of benzene rings is 1. The lowest BCUT2D eigenvalue weighted by atomic mass is 10.1. The van der Waals surface area contributed by atoms with Gasteiger partial charge in [0.15, 0.2) is 0 Å². The molecule has 0 bridgehead atoms. The topological polar surface area (TPSA) is 89.0 Å². The van der Waals surface area contributed by atoms with Crippen LogP contribution in [0.4, 0.5) is 0 Å². The van der Waals surface area contributed by atoms with Crippen LogP contribution in [0, 0.1) is 11.3 Å². The number of aryl methyl sites for hydroxylation is 1. The summed E-state index contributed by atoms with van der Waals surface area (Å²) in [5, 5.41) is 18.3. The zero-order chi connectivity index (χ0) is 17.6. The van der Waals surface area contributed by atoms with E-state index in [9.17, 15) is 4.79 Å². The Hall–Kier alpha value is -3.34. The lowest BCUT2D eigenvalue weighted by molar-refractivity contribution is 0.0501. The minimum atomic E-state index is -0.0320. The molecule has 0 radical (unpaired) electrons. The Kier molecular flexibility index (Phi) is 3.42. The van der Waals surface area contributed by atoms with Gasteiger partial charge in [0.25, 0.3) is 5.91 Å². The van der Waals surface area contributed by atoms with Crippen molar-refractivity contribution in [2.45, 2.75) is 6.04 Å². The molecule has 0 atom stereocenters. The molecule has 0 N–H and O–H groups in total. The van der Waals surface area contributed by atoms with Gasteiger partial charge in [-0.3, -0.25) is 9.48 Å². The first-order valence-electron chi connectivity index (χ1n) is 7.85. The Labute approximate surface area is 143 Å². The summed E-state index contributed by atoms with van der Waals surface area (Å²) in [6, 6.07) is 7.61. The first-order valence-corrected chi connectivity index (χ1v) is 7.85. The van der Waals surface area contributed by atoms with E-state index in [4.69, 9.17) is 10.00 Å². The average Bonchev–Trinajstić information content (AvgIpc) is 3.15. The molecule has 126 valence electrons. The Morgan fingerprint density at radius 3 is 2.88 bits per heavy atom. The van der Waals surface area contributed by atoms with Gasteiger partial charge in [-0.1, -0.05) is 0 Å². The molecular formula is C17H16N6O2. The molecule has 2 aromatic heterocycles. The van der Waals surface area contributed by atoms with E-state index in [0.29, 0.717) is 30.1 Å². The first-order chi connectivity index (χ1) is 12.1. The maximum Gasteiger partial charge on any atom is 0.254 e. The molecule has 8 nitrogen and oxygen atoms in total. The van der Waals surface area contributed by atoms with Crippen molar-refractivity contribution >= 4 is 16.8 Å². The lowest BCUT2D eigenvalue weighted by Crippen LogP contribution is -2.50. The second kappa shape index (κ2) is 5.63. The van der Waals surface area contributed by atoms with E-state index in [2.05, 4.69) is 16.3 Å². The zero-order valence-corrected chi connectivity index (χ0v) is 13.9. The van der Waals surface area contributed by atoms with Crippen LogP contribution in [0.15, 0.2) is 30.6 Å². The monoisotopic (exact) mass is 336 g/mol. The molecule has 3 aromatic rings. The number of fused-ring (bicyclic) bond motifs is 1. The standard InChI is InChI=1S/C17H16N6O2/c1-21-17(25-2)14-4-3-12(5-15(14)20-21)16(24)22-9-13(10-22)23-8-11(6-18)7-19-23/h3-5,7-8,13H,9-10H2,1-2H3. The molecule has 1 aliphatic heterocycles. The fraction of sp³-hybridized carbons (Fsp3) is 0.294. The number of carbonyl (C=O) groups excluding carboxylic acids is 1. The third-order valence-electron chi connectivity index (χ3n) is 4.47. The van der Waals surface area contributed by atoms with Crippen LogP contribution in [0.3, 0.4) is 0 Å². The number of amides is 1. The van der Waals surface area contributed by atoms with Gasteiger partial charge in [-0.05, 0) is 18.2 Å². The van der Waals surface area contributed by atoms with Gasteiger partial charge in [0, 0.05) is 31.9 Å². The van der Waals surface area contributed by atoms with Crippen LogP contribution >= 0.6 is 0 Å². The van der Waals surface area contributed by atoms with Crippen molar-refractivity contribution in [2.75, 3.05) is 20.2 Å². The quantitative estimate of drug-likeness (QED) is 0.720. The summed E-state index contributed by atoms with van der Waals surface area (Å²) in [5.74, 6) is 0.639.